The largest absolute Gasteiger partial charge is 0.301 e. The van der Waals surface area contributed by atoms with Crippen LogP contribution >= 0.6 is 0 Å². The van der Waals surface area contributed by atoms with Crippen molar-refractivity contribution in [1.29, 1.82) is 0 Å². The Hall–Kier alpha value is -1.34. The summed E-state index contributed by atoms with van der Waals surface area (Å²) in [6.07, 6.45) is 3.43. The summed E-state index contributed by atoms with van der Waals surface area (Å²) < 4.78 is 0. The fourth-order valence-electron chi connectivity index (χ4n) is 2.74. The first-order chi connectivity index (χ1) is 8.88. The second-order valence-electron chi connectivity index (χ2n) is 6.52. The molecule has 1 nitrogen and oxygen atoms in total. The van der Waals surface area contributed by atoms with E-state index >= 15 is 0 Å². The van der Waals surface area contributed by atoms with Gasteiger partial charge in [0.15, 0.2) is 0 Å². The van der Waals surface area contributed by atoms with E-state index in [9.17, 15) is 0 Å². The molecule has 0 saturated heterocycles. The molecule has 1 aliphatic rings. The minimum atomic E-state index is 0.0939. The van der Waals surface area contributed by atoms with Gasteiger partial charge in [-0.3, -0.25) is 0 Å². The predicted molar refractivity (Wildman–Crippen MR) is 83.1 cm³/mol. The molecule has 0 fully saturated rings. The van der Waals surface area contributed by atoms with Crippen molar-refractivity contribution in [3.63, 3.8) is 0 Å². The summed E-state index contributed by atoms with van der Waals surface area (Å²) in [4.78, 5) is 0. The standard InChI is InChI=1S/C18H25N/c1-13-11-12-14(2)16(13)17(19-18(3,4)5)15-9-7-6-8-10-15/h6-11,17,19H,12H2,1-5H3. The fourth-order valence-corrected chi connectivity index (χ4v) is 2.74. The van der Waals surface area contributed by atoms with Gasteiger partial charge < -0.3 is 5.32 Å². The van der Waals surface area contributed by atoms with Crippen LogP contribution in [0, 0.1) is 0 Å². The molecule has 0 aliphatic heterocycles. The van der Waals surface area contributed by atoms with Crippen molar-refractivity contribution in [2.45, 2.75) is 52.6 Å². The van der Waals surface area contributed by atoms with E-state index in [1.54, 1.807) is 0 Å². The number of rotatable bonds is 3. The van der Waals surface area contributed by atoms with E-state index in [0.29, 0.717) is 6.04 Å². The summed E-state index contributed by atoms with van der Waals surface area (Å²) in [5.74, 6) is 0. The van der Waals surface area contributed by atoms with E-state index in [-0.39, 0.29) is 5.54 Å². The quantitative estimate of drug-likeness (QED) is 0.819. The van der Waals surface area contributed by atoms with Crippen LogP contribution in [0.15, 0.2) is 53.1 Å². The van der Waals surface area contributed by atoms with Gasteiger partial charge in [-0.05, 0) is 57.7 Å². The highest BCUT2D eigenvalue weighted by Gasteiger charge is 2.26. The lowest BCUT2D eigenvalue weighted by molar-refractivity contribution is 0.389. The summed E-state index contributed by atoms with van der Waals surface area (Å²) >= 11 is 0. The van der Waals surface area contributed by atoms with Gasteiger partial charge in [0.05, 0.1) is 6.04 Å². The predicted octanol–water partition coefficient (Wildman–Crippen LogP) is 4.78. The SMILES string of the molecule is CC1=CCC(C)=C1C(NC(C)(C)C)c1ccccc1. The Morgan fingerprint density at radius 1 is 1.05 bits per heavy atom. The first-order valence-electron chi connectivity index (χ1n) is 7.08. The summed E-state index contributed by atoms with van der Waals surface area (Å²) in [5, 5.41) is 3.78. The van der Waals surface area contributed by atoms with E-state index in [1.165, 1.54) is 22.3 Å². The summed E-state index contributed by atoms with van der Waals surface area (Å²) in [6, 6.07) is 11.0. The molecule has 102 valence electrons. The van der Waals surface area contributed by atoms with Crippen LogP contribution in [-0.2, 0) is 0 Å². The third kappa shape index (κ3) is 3.36. The first kappa shape index (κ1) is 14.1. The number of nitrogens with one attached hydrogen (secondary N) is 1. The van der Waals surface area contributed by atoms with Crippen LogP contribution in [-0.4, -0.2) is 5.54 Å². The van der Waals surface area contributed by atoms with E-state index in [2.05, 4.69) is 76.3 Å². The molecular formula is C18H25N. The molecule has 1 N–H and O–H groups in total. The molecule has 1 heteroatoms. The number of allylic oxidation sites excluding steroid dienone is 2. The van der Waals surface area contributed by atoms with Crippen molar-refractivity contribution in [3.05, 3.63) is 58.7 Å². The van der Waals surface area contributed by atoms with Gasteiger partial charge in [-0.2, -0.15) is 0 Å². The lowest BCUT2D eigenvalue weighted by Gasteiger charge is -2.31. The molecule has 19 heavy (non-hydrogen) atoms. The highest BCUT2D eigenvalue weighted by molar-refractivity contribution is 5.47. The van der Waals surface area contributed by atoms with E-state index < -0.39 is 0 Å². The molecular weight excluding hydrogens is 230 g/mol. The molecule has 1 atom stereocenters. The van der Waals surface area contributed by atoms with Crippen LogP contribution < -0.4 is 5.32 Å². The molecule has 2 rings (SSSR count). The normalized spacial score (nSPS) is 17.6. The monoisotopic (exact) mass is 255 g/mol. The van der Waals surface area contributed by atoms with Crippen LogP contribution in [0.5, 0.6) is 0 Å². The maximum atomic E-state index is 3.78. The average molecular weight is 255 g/mol. The van der Waals surface area contributed by atoms with Crippen LogP contribution in [0.3, 0.4) is 0 Å². The van der Waals surface area contributed by atoms with Gasteiger partial charge in [-0.1, -0.05) is 42.0 Å². The summed E-state index contributed by atoms with van der Waals surface area (Å²) in [6.45, 7) is 11.2. The van der Waals surface area contributed by atoms with Crippen LogP contribution in [0.4, 0.5) is 0 Å². The van der Waals surface area contributed by atoms with Crippen molar-refractivity contribution >= 4 is 0 Å². The third-order valence-corrected chi connectivity index (χ3v) is 3.60. The van der Waals surface area contributed by atoms with E-state index in [0.717, 1.165) is 6.42 Å². The fraction of sp³-hybridized carbons (Fsp3) is 0.444. The smallest absolute Gasteiger partial charge is 0.0582 e. The summed E-state index contributed by atoms with van der Waals surface area (Å²) in [5.41, 5.74) is 5.82. The molecule has 0 radical (unpaired) electrons. The maximum absolute atomic E-state index is 3.78. The lowest BCUT2D eigenvalue weighted by Crippen LogP contribution is -2.39. The average Bonchev–Trinajstić information content (AvgIpc) is 2.66. The molecule has 1 aliphatic carbocycles. The van der Waals surface area contributed by atoms with E-state index in [1.807, 2.05) is 0 Å². The highest BCUT2D eigenvalue weighted by Crippen LogP contribution is 2.36. The first-order valence-corrected chi connectivity index (χ1v) is 7.08. The zero-order chi connectivity index (χ0) is 14.0. The van der Waals surface area contributed by atoms with E-state index in [4.69, 9.17) is 0 Å². The van der Waals surface area contributed by atoms with Crippen LogP contribution in [0.2, 0.25) is 0 Å². The molecule has 1 unspecified atom stereocenters. The lowest BCUT2D eigenvalue weighted by atomic mass is 9.91. The van der Waals surface area contributed by atoms with Gasteiger partial charge in [0.2, 0.25) is 0 Å². The molecule has 0 saturated carbocycles. The zero-order valence-corrected chi connectivity index (χ0v) is 12.7. The number of hydrogen-bond donors (Lipinski definition) is 1. The van der Waals surface area contributed by atoms with Gasteiger partial charge in [0, 0.05) is 5.54 Å². The van der Waals surface area contributed by atoms with Gasteiger partial charge in [0.25, 0.3) is 0 Å². The Morgan fingerprint density at radius 3 is 2.16 bits per heavy atom. The summed E-state index contributed by atoms with van der Waals surface area (Å²) in [7, 11) is 0. The maximum Gasteiger partial charge on any atom is 0.0582 e. The van der Waals surface area contributed by atoms with Crippen LogP contribution in [0.1, 0.15) is 52.6 Å². The molecule has 0 spiro atoms. The molecule has 1 aromatic carbocycles. The minimum Gasteiger partial charge on any atom is -0.301 e. The number of hydrogen-bond acceptors (Lipinski definition) is 1. The molecule has 0 amide bonds. The number of benzene rings is 1. The van der Waals surface area contributed by atoms with Gasteiger partial charge in [-0.25, -0.2) is 0 Å². The Morgan fingerprint density at radius 2 is 1.68 bits per heavy atom. The van der Waals surface area contributed by atoms with Crippen molar-refractivity contribution in [2.24, 2.45) is 0 Å². The van der Waals surface area contributed by atoms with Gasteiger partial charge >= 0.3 is 0 Å². The third-order valence-electron chi connectivity index (χ3n) is 3.60. The molecule has 0 heterocycles. The highest BCUT2D eigenvalue weighted by atomic mass is 15.0. The molecule has 0 bridgehead atoms. The van der Waals surface area contributed by atoms with Crippen LogP contribution in [0.25, 0.3) is 0 Å². The van der Waals surface area contributed by atoms with Gasteiger partial charge in [-0.15, -0.1) is 0 Å². The van der Waals surface area contributed by atoms with Crippen molar-refractivity contribution in [1.82, 2.24) is 5.32 Å². The Labute approximate surface area is 117 Å². The minimum absolute atomic E-state index is 0.0939. The Bertz CT molecular complexity index is 500. The Balaban J connectivity index is 2.41. The van der Waals surface area contributed by atoms with Crippen molar-refractivity contribution in [3.8, 4) is 0 Å². The van der Waals surface area contributed by atoms with Crippen molar-refractivity contribution < 1.29 is 0 Å². The Kier molecular flexibility index (Phi) is 3.96. The second kappa shape index (κ2) is 5.34. The zero-order valence-electron chi connectivity index (χ0n) is 12.7. The molecule has 0 aromatic heterocycles. The second-order valence-corrected chi connectivity index (χ2v) is 6.52. The van der Waals surface area contributed by atoms with Gasteiger partial charge in [0.1, 0.15) is 0 Å². The van der Waals surface area contributed by atoms with Crippen molar-refractivity contribution in [2.75, 3.05) is 0 Å². The molecule has 1 aromatic rings. The topological polar surface area (TPSA) is 12.0 Å².